The molecule has 0 aliphatic carbocycles. The molecule has 2 N–H and O–H groups in total. The number of sulfonamides is 1. The lowest BCUT2D eigenvalue weighted by atomic mass is 9.99. The Hall–Kier alpha value is -3.12. The maximum absolute atomic E-state index is 12.9. The zero-order valence-electron chi connectivity index (χ0n) is 16.6. The van der Waals surface area contributed by atoms with Crippen LogP contribution in [0.5, 0.6) is 5.75 Å². The molecule has 0 fully saturated rings. The van der Waals surface area contributed by atoms with Gasteiger partial charge in [0, 0.05) is 11.3 Å². The van der Waals surface area contributed by atoms with Crippen LogP contribution >= 0.6 is 0 Å². The topological polar surface area (TPSA) is 78.8 Å². The zero-order chi connectivity index (χ0) is 21.0. The third kappa shape index (κ3) is 4.84. The fraction of sp³-hybridized carbons (Fsp3) is 0.174. The molecule has 0 heterocycles. The summed E-state index contributed by atoms with van der Waals surface area (Å²) in [6.07, 6.45) is 0. The highest BCUT2D eigenvalue weighted by Gasteiger charge is 2.17. The van der Waals surface area contributed by atoms with E-state index in [0.29, 0.717) is 11.3 Å². The van der Waals surface area contributed by atoms with E-state index in [4.69, 9.17) is 0 Å². The number of hydrogen-bond acceptors (Lipinski definition) is 3. The molecule has 0 saturated carbocycles. The Morgan fingerprint density at radius 2 is 1.55 bits per heavy atom. The summed E-state index contributed by atoms with van der Waals surface area (Å²) < 4.78 is 29.8. The van der Waals surface area contributed by atoms with Crippen LogP contribution in [0.15, 0.2) is 82.1 Å². The van der Waals surface area contributed by atoms with Gasteiger partial charge in [0.05, 0.1) is 4.90 Å². The molecular formula is C23H24N2O3S. The number of nitrogens with zero attached hydrogens (tertiary/aromatic N) is 1. The van der Waals surface area contributed by atoms with Crippen molar-refractivity contribution >= 4 is 21.5 Å². The SMILES string of the molecule is Cc1cc(O)c(C(C)C)cc1NC(=NS(=O)(=O)c1ccccc1)c1ccccc1. The highest BCUT2D eigenvalue weighted by molar-refractivity contribution is 7.90. The van der Waals surface area contributed by atoms with Crippen molar-refractivity contribution in [3.05, 3.63) is 89.5 Å². The minimum Gasteiger partial charge on any atom is -0.508 e. The predicted octanol–water partition coefficient (Wildman–Crippen LogP) is 5.07. The van der Waals surface area contributed by atoms with Gasteiger partial charge in [-0.05, 0) is 48.2 Å². The van der Waals surface area contributed by atoms with Gasteiger partial charge in [-0.1, -0.05) is 62.4 Å². The maximum Gasteiger partial charge on any atom is 0.284 e. The molecular weight excluding hydrogens is 384 g/mol. The molecule has 0 amide bonds. The number of amidine groups is 1. The maximum atomic E-state index is 12.9. The van der Waals surface area contributed by atoms with Crippen molar-refractivity contribution in [2.75, 3.05) is 5.32 Å². The van der Waals surface area contributed by atoms with Gasteiger partial charge in [-0.15, -0.1) is 4.40 Å². The second kappa shape index (κ2) is 8.49. The fourth-order valence-electron chi connectivity index (χ4n) is 2.94. The van der Waals surface area contributed by atoms with Crippen LogP contribution in [0.3, 0.4) is 0 Å². The van der Waals surface area contributed by atoms with Gasteiger partial charge in [0.1, 0.15) is 5.75 Å². The van der Waals surface area contributed by atoms with Crippen molar-refractivity contribution in [2.45, 2.75) is 31.6 Å². The van der Waals surface area contributed by atoms with Gasteiger partial charge in [0.15, 0.2) is 5.84 Å². The highest BCUT2D eigenvalue weighted by atomic mass is 32.2. The first-order valence-corrected chi connectivity index (χ1v) is 10.8. The smallest absolute Gasteiger partial charge is 0.284 e. The summed E-state index contributed by atoms with van der Waals surface area (Å²) >= 11 is 0. The van der Waals surface area contributed by atoms with E-state index in [1.807, 2.05) is 45.0 Å². The number of hydrogen-bond donors (Lipinski definition) is 2. The fourth-order valence-corrected chi connectivity index (χ4v) is 3.94. The van der Waals surface area contributed by atoms with Gasteiger partial charge in [-0.2, -0.15) is 8.42 Å². The Kier molecular flexibility index (Phi) is 6.03. The molecule has 6 heteroatoms. The summed E-state index contributed by atoms with van der Waals surface area (Å²) in [5.41, 5.74) is 2.90. The summed E-state index contributed by atoms with van der Waals surface area (Å²) in [7, 11) is -3.90. The van der Waals surface area contributed by atoms with Gasteiger partial charge in [0.2, 0.25) is 0 Å². The van der Waals surface area contributed by atoms with Crippen LogP contribution in [0.2, 0.25) is 0 Å². The minimum absolute atomic E-state index is 0.112. The zero-order valence-corrected chi connectivity index (χ0v) is 17.4. The molecule has 0 spiro atoms. The summed E-state index contributed by atoms with van der Waals surface area (Å²) in [5, 5.41) is 13.4. The van der Waals surface area contributed by atoms with Crippen LogP contribution in [0.1, 0.15) is 36.5 Å². The van der Waals surface area contributed by atoms with E-state index in [-0.39, 0.29) is 22.4 Å². The first kappa shape index (κ1) is 20.6. The van der Waals surface area contributed by atoms with Gasteiger partial charge < -0.3 is 10.4 Å². The molecule has 0 atom stereocenters. The Labute approximate surface area is 171 Å². The first-order chi connectivity index (χ1) is 13.8. The molecule has 0 radical (unpaired) electrons. The second-order valence-electron chi connectivity index (χ2n) is 7.10. The summed E-state index contributed by atoms with van der Waals surface area (Å²) in [4.78, 5) is 0.125. The number of phenolic OH excluding ortho intramolecular Hbond substituents is 1. The van der Waals surface area contributed by atoms with E-state index in [2.05, 4.69) is 9.71 Å². The molecule has 0 bridgehead atoms. The van der Waals surface area contributed by atoms with Crippen molar-refractivity contribution in [1.82, 2.24) is 0 Å². The van der Waals surface area contributed by atoms with Crippen LogP contribution in [-0.2, 0) is 10.0 Å². The van der Waals surface area contributed by atoms with Gasteiger partial charge in [-0.25, -0.2) is 0 Å². The van der Waals surface area contributed by atoms with Crippen LogP contribution in [0.4, 0.5) is 5.69 Å². The molecule has 0 aliphatic rings. The largest absolute Gasteiger partial charge is 0.508 e. The Morgan fingerprint density at radius 1 is 0.966 bits per heavy atom. The molecule has 0 unspecified atom stereocenters. The quantitative estimate of drug-likeness (QED) is 0.351. The van der Waals surface area contributed by atoms with Crippen molar-refractivity contribution < 1.29 is 13.5 Å². The van der Waals surface area contributed by atoms with E-state index in [0.717, 1.165) is 11.1 Å². The first-order valence-electron chi connectivity index (χ1n) is 9.34. The molecule has 3 aromatic rings. The van der Waals surface area contributed by atoms with Crippen molar-refractivity contribution in [3.8, 4) is 5.75 Å². The normalized spacial score (nSPS) is 12.2. The lowest BCUT2D eigenvalue weighted by Crippen LogP contribution is -2.17. The average molecular weight is 409 g/mol. The molecule has 3 aromatic carbocycles. The number of benzene rings is 3. The lowest BCUT2D eigenvalue weighted by Gasteiger charge is -2.16. The van der Waals surface area contributed by atoms with E-state index in [1.165, 1.54) is 12.1 Å². The van der Waals surface area contributed by atoms with E-state index in [1.54, 1.807) is 36.4 Å². The summed E-state index contributed by atoms with van der Waals surface area (Å²) in [6.45, 7) is 5.82. The molecule has 29 heavy (non-hydrogen) atoms. The molecule has 150 valence electrons. The van der Waals surface area contributed by atoms with Crippen molar-refractivity contribution in [2.24, 2.45) is 4.40 Å². The number of aryl methyl sites for hydroxylation is 1. The standard InChI is InChI=1S/C23H24N2O3S/c1-16(2)20-15-21(17(3)14-22(20)26)24-23(18-10-6-4-7-11-18)25-29(27,28)19-12-8-5-9-13-19/h4-16,26H,1-3H3,(H,24,25). The van der Waals surface area contributed by atoms with Crippen molar-refractivity contribution in [3.63, 3.8) is 0 Å². The van der Waals surface area contributed by atoms with Crippen molar-refractivity contribution in [1.29, 1.82) is 0 Å². The van der Waals surface area contributed by atoms with Gasteiger partial charge >= 0.3 is 0 Å². The minimum atomic E-state index is -3.90. The summed E-state index contributed by atoms with van der Waals surface area (Å²) in [5.74, 6) is 0.553. The highest BCUT2D eigenvalue weighted by Crippen LogP contribution is 2.31. The molecule has 0 aromatic heterocycles. The Balaban J connectivity index is 2.11. The van der Waals surface area contributed by atoms with Crippen LogP contribution in [-0.4, -0.2) is 19.4 Å². The van der Waals surface area contributed by atoms with E-state index < -0.39 is 10.0 Å². The lowest BCUT2D eigenvalue weighted by molar-refractivity contribution is 0.464. The number of phenols is 1. The molecule has 0 aliphatic heterocycles. The number of nitrogens with one attached hydrogen (secondary N) is 1. The molecule has 3 rings (SSSR count). The number of anilines is 1. The Morgan fingerprint density at radius 3 is 2.14 bits per heavy atom. The number of rotatable bonds is 5. The third-order valence-electron chi connectivity index (χ3n) is 4.55. The Bertz CT molecular complexity index is 1120. The molecule has 5 nitrogen and oxygen atoms in total. The van der Waals surface area contributed by atoms with Gasteiger partial charge in [0.25, 0.3) is 10.0 Å². The monoisotopic (exact) mass is 408 g/mol. The van der Waals surface area contributed by atoms with Crippen LogP contribution in [0.25, 0.3) is 0 Å². The van der Waals surface area contributed by atoms with Gasteiger partial charge in [-0.3, -0.25) is 0 Å². The van der Waals surface area contributed by atoms with E-state index in [9.17, 15) is 13.5 Å². The molecule has 0 saturated heterocycles. The summed E-state index contributed by atoms with van der Waals surface area (Å²) in [6, 6.07) is 20.7. The second-order valence-corrected chi connectivity index (χ2v) is 8.70. The third-order valence-corrected chi connectivity index (χ3v) is 5.84. The average Bonchev–Trinajstić information content (AvgIpc) is 2.70. The van der Waals surface area contributed by atoms with Crippen LogP contribution < -0.4 is 5.32 Å². The van der Waals surface area contributed by atoms with Crippen LogP contribution in [0, 0.1) is 6.92 Å². The number of aromatic hydroxyl groups is 1. The predicted molar refractivity (Wildman–Crippen MR) is 117 cm³/mol. The van der Waals surface area contributed by atoms with E-state index >= 15 is 0 Å².